The highest BCUT2D eigenvalue weighted by molar-refractivity contribution is 6.19. The summed E-state index contributed by atoms with van der Waals surface area (Å²) in [5.74, 6) is -1.12. The number of carbonyl (C=O) groups excluding carboxylic acids is 1. The minimum Gasteiger partial charge on any atom is -0.443 e. The Morgan fingerprint density at radius 2 is 1.92 bits per heavy atom. The van der Waals surface area contributed by atoms with Gasteiger partial charge in [-0.2, -0.15) is 9.49 Å². The molecule has 2 fully saturated rings. The number of aromatic nitrogens is 5. The molecule has 1 saturated carbocycles. The summed E-state index contributed by atoms with van der Waals surface area (Å²) < 4.78 is 26.6. The topological polar surface area (TPSA) is 124 Å². The van der Waals surface area contributed by atoms with Crippen molar-refractivity contribution in [3.05, 3.63) is 48.7 Å². The third-order valence-corrected chi connectivity index (χ3v) is 7.10. The van der Waals surface area contributed by atoms with E-state index in [1.54, 1.807) is 24.7 Å². The number of aliphatic imine (C=N–C) groups is 1. The van der Waals surface area contributed by atoms with Crippen molar-refractivity contribution < 1.29 is 18.3 Å². The van der Waals surface area contributed by atoms with Gasteiger partial charge in [-0.15, -0.1) is 0 Å². The van der Waals surface area contributed by atoms with E-state index in [0.29, 0.717) is 23.1 Å². The van der Waals surface area contributed by atoms with Crippen molar-refractivity contribution in [3.63, 3.8) is 0 Å². The second-order valence-electron chi connectivity index (χ2n) is 9.31. The van der Waals surface area contributed by atoms with E-state index in [9.17, 15) is 9.18 Å². The van der Waals surface area contributed by atoms with Gasteiger partial charge in [-0.1, -0.05) is 0 Å². The maximum absolute atomic E-state index is 13.8. The van der Waals surface area contributed by atoms with E-state index < -0.39 is 11.9 Å². The maximum Gasteiger partial charge on any atom is 0.277 e. The first-order valence-electron chi connectivity index (χ1n) is 12.5. The molecule has 12 heteroatoms. The Balaban J connectivity index is 1.20. The van der Waals surface area contributed by atoms with Crippen LogP contribution in [0.3, 0.4) is 0 Å². The number of anilines is 1. The van der Waals surface area contributed by atoms with Gasteiger partial charge in [0, 0.05) is 37.7 Å². The van der Waals surface area contributed by atoms with E-state index in [4.69, 9.17) is 14.3 Å². The predicted octanol–water partition coefficient (Wildman–Crippen LogP) is 3.16. The van der Waals surface area contributed by atoms with Gasteiger partial charge < -0.3 is 14.5 Å². The van der Waals surface area contributed by atoms with E-state index in [-0.39, 0.29) is 29.7 Å². The molecule has 0 unspecified atom stereocenters. The predicted molar refractivity (Wildman–Crippen MR) is 133 cm³/mol. The number of amides is 1. The molecule has 11 nitrogen and oxygen atoms in total. The molecule has 1 aliphatic carbocycles. The van der Waals surface area contributed by atoms with Gasteiger partial charge in [0.15, 0.2) is 5.69 Å². The number of nitrogens with one attached hydrogen (secondary N) is 1. The summed E-state index contributed by atoms with van der Waals surface area (Å²) in [7, 11) is 0. The summed E-state index contributed by atoms with van der Waals surface area (Å²) in [5, 5.41) is 7.70. The fraction of sp³-hybridized carbons (Fsp3) is 0.440. The summed E-state index contributed by atoms with van der Waals surface area (Å²) in [5.41, 5.74) is 1.75. The van der Waals surface area contributed by atoms with Crippen LogP contribution in [0.5, 0.6) is 0 Å². The number of allylic oxidation sites excluding steroid dienone is 1. The fourth-order valence-electron chi connectivity index (χ4n) is 5.16. The van der Waals surface area contributed by atoms with Gasteiger partial charge >= 0.3 is 0 Å². The standard InChI is InChI=1S/C25H27FN8O3/c26-23-18(5-6-29-23)25-31-21(15-37-25)24(35)30-20-14-34(32-22(20)19-13-27-7-8-28-19)17-3-1-16(2-4-17)33-9-11-36-12-10-33/h5,7-8,13-17H,1-4,6,9-12H2,(H,30,35). The van der Waals surface area contributed by atoms with Crippen LogP contribution in [0.15, 0.2) is 46.5 Å². The summed E-state index contributed by atoms with van der Waals surface area (Å²) in [6.45, 7) is 3.81. The molecule has 0 spiro atoms. The third kappa shape index (κ3) is 4.94. The average molecular weight is 507 g/mol. The van der Waals surface area contributed by atoms with E-state index in [0.717, 1.165) is 52.0 Å². The Morgan fingerprint density at radius 3 is 2.65 bits per heavy atom. The van der Waals surface area contributed by atoms with Crippen LogP contribution in [0.4, 0.5) is 10.1 Å². The number of halogens is 1. The van der Waals surface area contributed by atoms with E-state index >= 15 is 0 Å². The summed E-state index contributed by atoms with van der Waals surface area (Å²) in [6.07, 6.45) is 13.6. The van der Waals surface area contributed by atoms with Crippen molar-refractivity contribution in [2.75, 3.05) is 38.2 Å². The highest BCUT2D eigenvalue weighted by Crippen LogP contribution is 2.34. The second kappa shape index (κ2) is 10.3. The number of carbonyl (C=O) groups is 1. The van der Waals surface area contributed by atoms with Crippen LogP contribution < -0.4 is 5.32 Å². The first kappa shape index (κ1) is 23.6. The van der Waals surface area contributed by atoms with E-state index in [1.165, 1.54) is 6.26 Å². The Bertz CT molecular complexity index is 1320. The number of oxazole rings is 1. The molecular formula is C25H27FN8O3. The lowest BCUT2D eigenvalue weighted by atomic mass is 9.90. The molecule has 0 bridgehead atoms. The van der Waals surface area contributed by atoms with Crippen molar-refractivity contribution in [1.82, 2.24) is 29.6 Å². The van der Waals surface area contributed by atoms with Crippen molar-refractivity contribution in [3.8, 4) is 11.4 Å². The van der Waals surface area contributed by atoms with Gasteiger partial charge in [0.25, 0.3) is 5.91 Å². The largest absolute Gasteiger partial charge is 0.443 e. The molecule has 1 amide bonds. The molecule has 0 radical (unpaired) electrons. The van der Waals surface area contributed by atoms with Crippen molar-refractivity contribution in [1.29, 1.82) is 0 Å². The van der Waals surface area contributed by atoms with Crippen LogP contribution in [0.1, 0.15) is 48.1 Å². The second-order valence-corrected chi connectivity index (χ2v) is 9.31. The molecule has 0 atom stereocenters. The lowest BCUT2D eigenvalue weighted by Crippen LogP contribution is -2.45. The lowest BCUT2D eigenvalue weighted by Gasteiger charge is -2.38. The fourth-order valence-corrected chi connectivity index (χ4v) is 5.16. The number of morpholine rings is 1. The highest BCUT2D eigenvalue weighted by atomic mass is 19.1. The Kier molecular flexibility index (Phi) is 6.58. The Labute approximate surface area is 212 Å². The molecule has 192 valence electrons. The van der Waals surface area contributed by atoms with Gasteiger partial charge in [0.1, 0.15) is 17.7 Å². The number of hydrogen-bond donors (Lipinski definition) is 1. The van der Waals surface area contributed by atoms with Gasteiger partial charge in [-0.05, 0) is 31.8 Å². The quantitative estimate of drug-likeness (QED) is 0.541. The number of ether oxygens (including phenoxy) is 1. The first-order valence-corrected chi connectivity index (χ1v) is 12.5. The van der Waals surface area contributed by atoms with Crippen LogP contribution in [0.25, 0.3) is 17.0 Å². The molecule has 6 rings (SSSR count). The maximum atomic E-state index is 13.8. The Morgan fingerprint density at radius 1 is 1.11 bits per heavy atom. The van der Waals surface area contributed by atoms with Crippen LogP contribution in [0, 0.1) is 0 Å². The molecule has 0 aromatic carbocycles. The zero-order chi connectivity index (χ0) is 25.2. The van der Waals surface area contributed by atoms with Crippen molar-refractivity contribution in [2.45, 2.75) is 37.8 Å². The normalized spacial score (nSPS) is 22.5. The smallest absolute Gasteiger partial charge is 0.277 e. The zero-order valence-corrected chi connectivity index (χ0v) is 20.2. The molecule has 5 heterocycles. The molecule has 3 aliphatic rings. The van der Waals surface area contributed by atoms with Crippen molar-refractivity contribution >= 4 is 23.1 Å². The van der Waals surface area contributed by atoms with Crippen LogP contribution in [0.2, 0.25) is 0 Å². The van der Waals surface area contributed by atoms with Crippen LogP contribution >= 0.6 is 0 Å². The molecule has 1 N–H and O–H groups in total. The Hall–Kier alpha value is -3.77. The van der Waals surface area contributed by atoms with Gasteiger partial charge in [-0.3, -0.25) is 29.3 Å². The summed E-state index contributed by atoms with van der Waals surface area (Å²) in [4.78, 5) is 31.9. The minimum atomic E-state index is -0.650. The van der Waals surface area contributed by atoms with Crippen LogP contribution in [-0.2, 0) is 4.74 Å². The number of hydrogen-bond acceptors (Lipinski definition) is 9. The lowest BCUT2D eigenvalue weighted by molar-refractivity contribution is 0.00507. The zero-order valence-electron chi connectivity index (χ0n) is 20.2. The molecule has 2 aliphatic heterocycles. The molecular weight excluding hydrogens is 479 g/mol. The molecule has 1 saturated heterocycles. The number of nitrogens with zero attached hydrogens (tertiary/aromatic N) is 7. The molecule has 3 aromatic rings. The van der Waals surface area contributed by atoms with Gasteiger partial charge in [0.05, 0.1) is 43.3 Å². The first-order chi connectivity index (χ1) is 18.2. The van der Waals surface area contributed by atoms with Gasteiger partial charge in [0.2, 0.25) is 11.9 Å². The average Bonchev–Trinajstić information content (AvgIpc) is 3.70. The van der Waals surface area contributed by atoms with E-state index in [1.807, 2.05) is 10.9 Å². The van der Waals surface area contributed by atoms with E-state index in [2.05, 4.69) is 30.2 Å². The number of rotatable bonds is 6. The molecule has 3 aromatic heterocycles. The highest BCUT2D eigenvalue weighted by Gasteiger charge is 2.29. The van der Waals surface area contributed by atoms with Crippen molar-refractivity contribution in [2.24, 2.45) is 4.99 Å². The van der Waals surface area contributed by atoms with Crippen LogP contribution in [-0.4, -0.2) is 80.4 Å². The minimum absolute atomic E-state index is 0.0192. The SMILES string of the molecule is O=C(Nc1cn(C2CCC(N3CCOCC3)CC2)nc1-c1cnccn1)c1coc(C2=CCN=C2F)n1. The summed E-state index contributed by atoms with van der Waals surface area (Å²) in [6, 6.07) is 0.786. The van der Waals surface area contributed by atoms with Gasteiger partial charge in [-0.25, -0.2) is 4.98 Å². The monoisotopic (exact) mass is 506 g/mol. The molecule has 37 heavy (non-hydrogen) atoms. The summed E-state index contributed by atoms with van der Waals surface area (Å²) >= 11 is 0. The third-order valence-electron chi connectivity index (χ3n) is 7.10.